The Hall–Kier alpha value is -2.93. The second-order valence-electron chi connectivity index (χ2n) is 7.86. The van der Waals surface area contributed by atoms with Crippen molar-refractivity contribution in [2.75, 3.05) is 11.1 Å². The Kier molecular flexibility index (Phi) is 8.08. The molecule has 9 heteroatoms. The highest BCUT2D eigenvalue weighted by Gasteiger charge is 2.17. The Morgan fingerprint density at radius 1 is 1.09 bits per heavy atom. The van der Waals surface area contributed by atoms with E-state index in [-0.39, 0.29) is 4.90 Å². The molecule has 0 bridgehead atoms. The van der Waals surface area contributed by atoms with Crippen LogP contribution < -0.4 is 10.5 Å². The maximum absolute atomic E-state index is 11.5. The Labute approximate surface area is 199 Å². The van der Waals surface area contributed by atoms with Crippen molar-refractivity contribution >= 4 is 33.3 Å². The SMILES string of the molecule is CCCCSc1nc(Nc2ccc(S(N)(=O)=O)cc2)c(C#N)c(-c2ccc(C(C)C)cc2)n1. The summed E-state index contributed by atoms with van der Waals surface area (Å²) >= 11 is 1.54. The van der Waals surface area contributed by atoms with Crippen LogP contribution >= 0.6 is 11.8 Å². The highest BCUT2D eigenvalue weighted by Crippen LogP contribution is 2.32. The molecule has 3 N–H and O–H groups in total. The van der Waals surface area contributed by atoms with Crippen LogP contribution in [0.5, 0.6) is 0 Å². The smallest absolute Gasteiger partial charge is 0.238 e. The molecular formula is C24H27N5O2S2. The van der Waals surface area contributed by atoms with E-state index in [1.807, 2.05) is 24.3 Å². The largest absolute Gasteiger partial charge is 0.339 e. The van der Waals surface area contributed by atoms with Crippen molar-refractivity contribution in [3.63, 3.8) is 0 Å². The zero-order valence-electron chi connectivity index (χ0n) is 18.9. The lowest BCUT2D eigenvalue weighted by Gasteiger charge is -2.14. The first-order valence-electron chi connectivity index (χ1n) is 10.7. The van der Waals surface area contributed by atoms with Crippen LogP contribution in [0.4, 0.5) is 11.5 Å². The summed E-state index contributed by atoms with van der Waals surface area (Å²) in [6.07, 6.45) is 2.10. The first-order chi connectivity index (χ1) is 15.7. The summed E-state index contributed by atoms with van der Waals surface area (Å²) in [5.74, 6) is 1.65. The average Bonchev–Trinajstić information content (AvgIpc) is 2.79. The molecule has 0 spiro atoms. The van der Waals surface area contributed by atoms with E-state index < -0.39 is 10.0 Å². The molecule has 2 aromatic carbocycles. The molecular weight excluding hydrogens is 454 g/mol. The van der Waals surface area contributed by atoms with Gasteiger partial charge in [0.15, 0.2) is 11.0 Å². The molecule has 0 fully saturated rings. The van der Waals surface area contributed by atoms with Crippen molar-refractivity contribution in [1.82, 2.24) is 9.97 Å². The third-order valence-electron chi connectivity index (χ3n) is 5.03. The van der Waals surface area contributed by atoms with Gasteiger partial charge in [-0.25, -0.2) is 23.5 Å². The zero-order chi connectivity index (χ0) is 24.0. The van der Waals surface area contributed by atoms with Gasteiger partial charge in [0.25, 0.3) is 0 Å². The molecule has 0 atom stereocenters. The summed E-state index contributed by atoms with van der Waals surface area (Å²) in [6, 6.07) is 16.3. The minimum atomic E-state index is -3.79. The van der Waals surface area contributed by atoms with E-state index in [1.165, 1.54) is 17.7 Å². The summed E-state index contributed by atoms with van der Waals surface area (Å²) in [5, 5.41) is 18.9. The fourth-order valence-corrected chi connectivity index (χ4v) is 4.55. The van der Waals surface area contributed by atoms with Gasteiger partial charge >= 0.3 is 0 Å². The molecule has 33 heavy (non-hydrogen) atoms. The number of primary sulfonamides is 1. The van der Waals surface area contributed by atoms with Crippen LogP contribution in [0.1, 0.15) is 50.7 Å². The van der Waals surface area contributed by atoms with Crippen LogP contribution in [-0.4, -0.2) is 24.1 Å². The molecule has 0 aliphatic carbocycles. The number of aromatic nitrogens is 2. The quantitative estimate of drug-likeness (QED) is 0.238. The summed E-state index contributed by atoms with van der Waals surface area (Å²) < 4.78 is 23.1. The normalized spacial score (nSPS) is 11.4. The summed E-state index contributed by atoms with van der Waals surface area (Å²) in [4.78, 5) is 9.30. The first-order valence-corrected chi connectivity index (χ1v) is 13.2. The molecule has 0 saturated heterocycles. The Balaban J connectivity index is 2.05. The van der Waals surface area contributed by atoms with Crippen molar-refractivity contribution in [1.29, 1.82) is 5.26 Å². The second-order valence-corrected chi connectivity index (χ2v) is 10.5. The lowest BCUT2D eigenvalue weighted by Crippen LogP contribution is -2.12. The van der Waals surface area contributed by atoms with Crippen LogP contribution in [0.2, 0.25) is 0 Å². The number of nitrogens with one attached hydrogen (secondary N) is 1. The molecule has 7 nitrogen and oxygen atoms in total. The molecule has 0 saturated carbocycles. The van der Waals surface area contributed by atoms with E-state index in [9.17, 15) is 13.7 Å². The van der Waals surface area contributed by atoms with Crippen molar-refractivity contribution in [2.24, 2.45) is 5.14 Å². The van der Waals surface area contributed by atoms with Gasteiger partial charge in [-0.2, -0.15) is 5.26 Å². The zero-order valence-corrected chi connectivity index (χ0v) is 20.5. The highest BCUT2D eigenvalue weighted by molar-refractivity contribution is 7.99. The van der Waals surface area contributed by atoms with E-state index >= 15 is 0 Å². The van der Waals surface area contributed by atoms with Crippen LogP contribution in [0.3, 0.4) is 0 Å². The van der Waals surface area contributed by atoms with Gasteiger partial charge in [-0.05, 0) is 42.2 Å². The van der Waals surface area contributed by atoms with Gasteiger partial charge in [0, 0.05) is 17.0 Å². The molecule has 1 heterocycles. The predicted octanol–water partition coefficient (Wildman–Crippen LogP) is 5.42. The fourth-order valence-electron chi connectivity index (χ4n) is 3.11. The maximum Gasteiger partial charge on any atom is 0.238 e. The van der Waals surface area contributed by atoms with Crippen LogP contribution in [0.15, 0.2) is 58.6 Å². The standard InChI is InChI=1S/C24H27N5O2S2/c1-4-5-14-32-24-28-22(18-8-6-17(7-9-18)16(2)3)21(15-25)23(29-24)27-19-10-12-20(13-11-19)33(26,30)31/h6-13,16H,4-5,14H2,1-3H3,(H2,26,30,31)(H,27,28,29). The van der Waals surface area contributed by atoms with E-state index in [4.69, 9.17) is 10.1 Å². The number of unbranched alkanes of at least 4 members (excludes halogenated alkanes) is 1. The van der Waals surface area contributed by atoms with Crippen LogP contribution in [-0.2, 0) is 10.0 Å². The van der Waals surface area contributed by atoms with Gasteiger partial charge in [0.2, 0.25) is 10.0 Å². The van der Waals surface area contributed by atoms with Crippen molar-refractivity contribution in [3.05, 3.63) is 59.7 Å². The fraction of sp³-hybridized carbons (Fsp3) is 0.292. The Morgan fingerprint density at radius 2 is 1.76 bits per heavy atom. The number of sulfonamides is 1. The van der Waals surface area contributed by atoms with Crippen molar-refractivity contribution < 1.29 is 8.42 Å². The summed E-state index contributed by atoms with van der Waals surface area (Å²) in [6.45, 7) is 6.39. The number of hydrogen-bond donors (Lipinski definition) is 2. The number of nitriles is 1. The average molecular weight is 482 g/mol. The van der Waals surface area contributed by atoms with Gasteiger partial charge in [-0.15, -0.1) is 0 Å². The first kappa shape index (κ1) is 24.7. The molecule has 3 aromatic rings. The molecule has 0 unspecified atom stereocenters. The number of nitrogens with zero attached hydrogens (tertiary/aromatic N) is 3. The lowest BCUT2D eigenvalue weighted by atomic mass is 9.99. The number of nitrogens with two attached hydrogens (primary N) is 1. The van der Waals surface area contributed by atoms with Crippen LogP contribution in [0.25, 0.3) is 11.3 Å². The maximum atomic E-state index is 11.5. The molecule has 0 aliphatic rings. The van der Waals surface area contributed by atoms with E-state index in [0.29, 0.717) is 33.8 Å². The summed E-state index contributed by atoms with van der Waals surface area (Å²) in [5.41, 5.74) is 3.51. The van der Waals surface area contributed by atoms with Gasteiger partial charge in [0.1, 0.15) is 11.6 Å². The van der Waals surface area contributed by atoms with Gasteiger partial charge in [-0.3, -0.25) is 0 Å². The number of rotatable bonds is 9. The molecule has 0 aliphatic heterocycles. The van der Waals surface area contributed by atoms with Gasteiger partial charge in [-0.1, -0.05) is 63.2 Å². The molecule has 0 amide bonds. The minimum absolute atomic E-state index is 0.0120. The number of hydrogen-bond acceptors (Lipinski definition) is 7. The third-order valence-corrected chi connectivity index (χ3v) is 6.89. The van der Waals surface area contributed by atoms with Crippen molar-refractivity contribution in [2.45, 2.75) is 49.6 Å². The number of benzene rings is 2. The monoisotopic (exact) mass is 481 g/mol. The third kappa shape index (κ3) is 6.32. The lowest BCUT2D eigenvalue weighted by molar-refractivity contribution is 0.598. The highest BCUT2D eigenvalue weighted by atomic mass is 32.2. The summed E-state index contributed by atoms with van der Waals surface area (Å²) in [7, 11) is -3.79. The van der Waals surface area contributed by atoms with Crippen LogP contribution in [0, 0.1) is 11.3 Å². The topological polar surface area (TPSA) is 122 Å². The van der Waals surface area contributed by atoms with Gasteiger partial charge in [0.05, 0.1) is 10.6 Å². The number of thioether (sulfide) groups is 1. The van der Waals surface area contributed by atoms with E-state index in [1.54, 1.807) is 23.9 Å². The molecule has 172 valence electrons. The minimum Gasteiger partial charge on any atom is -0.339 e. The predicted molar refractivity (Wildman–Crippen MR) is 133 cm³/mol. The van der Waals surface area contributed by atoms with Crippen molar-refractivity contribution in [3.8, 4) is 17.3 Å². The molecule has 0 radical (unpaired) electrons. The van der Waals surface area contributed by atoms with Gasteiger partial charge < -0.3 is 5.32 Å². The Bertz CT molecular complexity index is 1250. The second kappa shape index (κ2) is 10.8. The Morgan fingerprint density at radius 3 is 2.30 bits per heavy atom. The van der Waals surface area contributed by atoms with E-state index in [0.717, 1.165) is 24.2 Å². The number of anilines is 2. The molecule has 1 aromatic heterocycles. The van der Waals surface area contributed by atoms with E-state index in [2.05, 4.69) is 37.1 Å². The molecule has 3 rings (SSSR count).